The lowest BCUT2D eigenvalue weighted by Crippen LogP contribution is -2.17. The van der Waals surface area contributed by atoms with Gasteiger partial charge in [-0.2, -0.15) is 0 Å². The topological polar surface area (TPSA) is 37.0 Å². The molecule has 2 N–H and O–H groups in total. The number of para-hydroxylation sites is 1. The Labute approximate surface area is 173 Å². The smallest absolute Gasteiger partial charge is 0.168 e. The molecule has 0 radical (unpaired) electrons. The Morgan fingerprint density at radius 2 is 1.87 bits per heavy atom. The van der Waals surface area contributed by atoms with Gasteiger partial charge in [0.2, 0.25) is 0 Å². The Morgan fingerprint density at radius 1 is 1.00 bits per heavy atom. The third-order valence-electron chi connectivity index (χ3n) is 5.68. The molecule has 4 aromatic rings. The Hall–Kier alpha value is -3.18. The first kappa shape index (κ1) is 18.8. The number of benzene rings is 3. The summed E-state index contributed by atoms with van der Waals surface area (Å²) in [5, 5.41) is 4.69. The van der Waals surface area contributed by atoms with Gasteiger partial charge in [0, 0.05) is 41.8 Å². The van der Waals surface area contributed by atoms with E-state index in [4.69, 9.17) is 4.74 Å². The first-order chi connectivity index (χ1) is 14.7. The number of ether oxygens (including phenoxy) is 1. The third-order valence-corrected chi connectivity index (χ3v) is 5.68. The first-order valence-corrected chi connectivity index (χ1v) is 10.1. The van der Waals surface area contributed by atoms with E-state index in [1.165, 1.54) is 17.0 Å². The molecule has 1 fully saturated rings. The highest BCUT2D eigenvalue weighted by Crippen LogP contribution is 2.46. The lowest BCUT2D eigenvalue weighted by atomic mass is 10.1. The number of H-pyrrole nitrogens is 1. The van der Waals surface area contributed by atoms with Gasteiger partial charge in [0.25, 0.3) is 0 Å². The van der Waals surface area contributed by atoms with Gasteiger partial charge in [-0.25, -0.2) is 8.78 Å². The molecule has 5 rings (SSSR count). The van der Waals surface area contributed by atoms with E-state index in [2.05, 4.69) is 22.4 Å². The average molecular weight is 404 g/mol. The summed E-state index contributed by atoms with van der Waals surface area (Å²) in [5.74, 6) is -1.04. The third kappa shape index (κ3) is 3.81. The predicted molar refractivity (Wildman–Crippen MR) is 113 cm³/mol. The van der Waals surface area contributed by atoms with Crippen LogP contribution in [-0.2, 0) is 13.2 Å². The number of fused-ring (bicyclic) bond motifs is 1. The molecule has 1 aliphatic carbocycles. The SMILES string of the molecule is Fc1cc(F)c(OCc2ccccc2)c([C@@H]2C[C@H]2NCc2cccc3cc[nH]c23)c1. The van der Waals surface area contributed by atoms with Crippen molar-refractivity contribution in [1.29, 1.82) is 0 Å². The summed E-state index contributed by atoms with van der Waals surface area (Å²) < 4.78 is 34.3. The molecule has 3 nitrogen and oxygen atoms in total. The van der Waals surface area contributed by atoms with Crippen LogP contribution in [0.5, 0.6) is 5.75 Å². The molecular formula is C25H22F2N2O. The number of nitrogens with one attached hydrogen (secondary N) is 2. The van der Waals surface area contributed by atoms with E-state index >= 15 is 0 Å². The molecule has 0 spiro atoms. The fraction of sp³-hybridized carbons (Fsp3) is 0.200. The maximum Gasteiger partial charge on any atom is 0.168 e. The molecule has 2 atom stereocenters. The first-order valence-electron chi connectivity index (χ1n) is 10.1. The van der Waals surface area contributed by atoms with Crippen LogP contribution >= 0.6 is 0 Å². The van der Waals surface area contributed by atoms with Gasteiger partial charge in [-0.1, -0.05) is 48.5 Å². The molecule has 0 unspecified atom stereocenters. The van der Waals surface area contributed by atoms with Crippen molar-refractivity contribution in [2.75, 3.05) is 0 Å². The molecule has 1 saturated carbocycles. The van der Waals surface area contributed by atoms with Crippen LogP contribution in [0.1, 0.15) is 29.0 Å². The van der Waals surface area contributed by atoms with E-state index < -0.39 is 11.6 Å². The summed E-state index contributed by atoms with van der Waals surface area (Å²) in [5.41, 5.74) is 3.83. The van der Waals surface area contributed by atoms with E-state index in [0.29, 0.717) is 12.1 Å². The molecule has 1 heterocycles. The zero-order valence-corrected chi connectivity index (χ0v) is 16.4. The molecule has 0 aliphatic heterocycles. The minimum atomic E-state index is -0.650. The summed E-state index contributed by atoms with van der Waals surface area (Å²) in [7, 11) is 0. The molecule has 152 valence electrons. The highest BCUT2D eigenvalue weighted by atomic mass is 19.1. The Kier molecular flexibility index (Phi) is 4.97. The van der Waals surface area contributed by atoms with Crippen molar-refractivity contribution in [2.45, 2.75) is 31.5 Å². The Morgan fingerprint density at radius 3 is 2.73 bits per heavy atom. The van der Waals surface area contributed by atoms with Gasteiger partial charge in [-0.15, -0.1) is 0 Å². The molecular weight excluding hydrogens is 382 g/mol. The van der Waals surface area contributed by atoms with Crippen molar-refractivity contribution in [1.82, 2.24) is 10.3 Å². The second kappa shape index (κ2) is 7.92. The van der Waals surface area contributed by atoms with Crippen molar-refractivity contribution in [3.8, 4) is 5.75 Å². The fourth-order valence-corrected chi connectivity index (χ4v) is 4.04. The minimum absolute atomic E-state index is 0.0313. The van der Waals surface area contributed by atoms with Gasteiger partial charge in [0.1, 0.15) is 12.4 Å². The normalized spacial score (nSPS) is 17.9. The fourth-order valence-electron chi connectivity index (χ4n) is 4.04. The van der Waals surface area contributed by atoms with Gasteiger partial charge < -0.3 is 15.0 Å². The summed E-state index contributed by atoms with van der Waals surface area (Å²) in [6.07, 6.45) is 2.76. The molecule has 1 aromatic heterocycles. The number of aromatic amines is 1. The molecule has 0 bridgehead atoms. The lowest BCUT2D eigenvalue weighted by Gasteiger charge is -2.13. The highest BCUT2D eigenvalue weighted by molar-refractivity contribution is 5.82. The quantitative estimate of drug-likeness (QED) is 0.416. The largest absolute Gasteiger partial charge is 0.486 e. The van der Waals surface area contributed by atoms with Crippen LogP contribution in [0.2, 0.25) is 0 Å². The molecule has 30 heavy (non-hydrogen) atoms. The highest BCUT2D eigenvalue weighted by Gasteiger charge is 2.41. The summed E-state index contributed by atoms with van der Waals surface area (Å²) in [6.45, 7) is 0.938. The van der Waals surface area contributed by atoms with Crippen molar-refractivity contribution < 1.29 is 13.5 Å². The molecule has 3 aromatic carbocycles. The summed E-state index contributed by atoms with van der Waals surface area (Å²) in [6, 6.07) is 20.3. The predicted octanol–water partition coefficient (Wildman–Crippen LogP) is 5.67. The van der Waals surface area contributed by atoms with Crippen LogP contribution in [0.3, 0.4) is 0 Å². The Balaban J connectivity index is 1.30. The van der Waals surface area contributed by atoms with Gasteiger partial charge in [0.15, 0.2) is 11.6 Å². The monoisotopic (exact) mass is 404 g/mol. The van der Waals surface area contributed by atoms with Crippen molar-refractivity contribution in [3.05, 3.63) is 101 Å². The number of aromatic nitrogens is 1. The zero-order valence-electron chi connectivity index (χ0n) is 16.4. The number of hydrogen-bond donors (Lipinski definition) is 2. The average Bonchev–Trinajstić information content (AvgIpc) is 3.36. The number of halogens is 2. The van der Waals surface area contributed by atoms with Crippen LogP contribution in [0.15, 0.2) is 72.9 Å². The molecule has 1 aliphatic rings. The van der Waals surface area contributed by atoms with E-state index in [1.807, 2.05) is 48.7 Å². The van der Waals surface area contributed by atoms with Gasteiger partial charge >= 0.3 is 0 Å². The maximum atomic E-state index is 14.5. The van der Waals surface area contributed by atoms with Crippen molar-refractivity contribution in [2.24, 2.45) is 0 Å². The van der Waals surface area contributed by atoms with Gasteiger partial charge in [-0.3, -0.25) is 0 Å². The standard InChI is InChI=1S/C25H22F2N2O/c26-19-11-21(25(22(27)12-19)30-15-16-5-2-1-3-6-16)20-13-23(20)29-14-18-8-4-7-17-9-10-28-24(17)18/h1-12,20,23,28-29H,13-15H2/t20-,23+/m0/s1. The van der Waals surface area contributed by atoms with E-state index in [0.717, 1.165) is 23.6 Å². The van der Waals surface area contributed by atoms with Crippen LogP contribution in [-0.4, -0.2) is 11.0 Å². The van der Waals surface area contributed by atoms with Crippen LogP contribution in [0.25, 0.3) is 10.9 Å². The minimum Gasteiger partial charge on any atom is -0.486 e. The molecule has 5 heteroatoms. The number of hydrogen-bond acceptors (Lipinski definition) is 2. The van der Waals surface area contributed by atoms with E-state index in [-0.39, 0.29) is 24.3 Å². The second-order valence-corrected chi connectivity index (χ2v) is 7.77. The van der Waals surface area contributed by atoms with Gasteiger partial charge in [0.05, 0.1) is 0 Å². The van der Waals surface area contributed by atoms with Crippen LogP contribution in [0.4, 0.5) is 8.78 Å². The van der Waals surface area contributed by atoms with E-state index in [1.54, 1.807) is 0 Å². The number of rotatable bonds is 7. The van der Waals surface area contributed by atoms with E-state index in [9.17, 15) is 8.78 Å². The zero-order chi connectivity index (χ0) is 20.5. The second-order valence-electron chi connectivity index (χ2n) is 7.77. The molecule has 0 amide bonds. The maximum absolute atomic E-state index is 14.5. The van der Waals surface area contributed by atoms with Crippen LogP contribution < -0.4 is 10.1 Å². The van der Waals surface area contributed by atoms with Gasteiger partial charge in [-0.05, 0) is 35.1 Å². The van der Waals surface area contributed by atoms with Crippen molar-refractivity contribution >= 4 is 10.9 Å². The summed E-state index contributed by atoms with van der Waals surface area (Å²) >= 11 is 0. The Bertz CT molecular complexity index is 1170. The van der Waals surface area contributed by atoms with Crippen LogP contribution in [0, 0.1) is 11.6 Å². The van der Waals surface area contributed by atoms with Crippen molar-refractivity contribution in [3.63, 3.8) is 0 Å². The molecule has 0 saturated heterocycles. The summed E-state index contributed by atoms with van der Waals surface area (Å²) in [4.78, 5) is 3.27. The lowest BCUT2D eigenvalue weighted by molar-refractivity contribution is 0.285.